The summed E-state index contributed by atoms with van der Waals surface area (Å²) < 4.78 is 45.2. The summed E-state index contributed by atoms with van der Waals surface area (Å²) in [7, 11) is -2.42. The lowest BCUT2D eigenvalue weighted by molar-refractivity contribution is -0.179. The molecule has 4 aliphatic rings. The van der Waals surface area contributed by atoms with Gasteiger partial charge in [0, 0.05) is 25.9 Å². The van der Waals surface area contributed by atoms with Crippen LogP contribution in [0, 0.1) is 11.8 Å². The lowest BCUT2D eigenvalue weighted by Crippen LogP contribution is -2.47. The maximum absolute atomic E-state index is 13.5. The first-order valence-corrected chi connectivity index (χ1v) is 13.1. The number of rotatable bonds is 5. The zero-order valence-electron chi connectivity index (χ0n) is 18.8. The van der Waals surface area contributed by atoms with Gasteiger partial charge in [-0.25, -0.2) is 8.42 Å². The monoisotopic (exact) mass is 478 g/mol. The molecule has 2 amide bonds. The van der Waals surface area contributed by atoms with Crippen molar-refractivity contribution in [2.24, 2.45) is 11.8 Å². The van der Waals surface area contributed by atoms with E-state index in [1.807, 2.05) is 0 Å². The Balaban J connectivity index is 1.37. The predicted octanol–water partition coefficient (Wildman–Crippen LogP) is 1.90. The second kappa shape index (κ2) is 8.65. The van der Waals surface area contributed by atoms with Gasteiger partial charge >= 0.3 is 0 Å². The molecule has 2 atom stereocenters. The number of amides is 2. The van der Waals surface area contributed by atoms with Crippen molar-refractivity contribution in [3.05, 3.63) is 23.8 Å². The number of imide groups is 1. The van der Waals surface area contributed by atoms with E-state index < -0.39 is 15.8 Å². The molecule has 0 aromatic heterocycles. The summed E-state index contributed by atoms with van der Waals surface area (Å²) in [6, 6.07) is 4.84. The summed E-state index contributed by atoms with van der Waals surface area (Å²) in [5, 5.41) is 0. The van der Waals surface area contributed by atoms with Crippen LogP contribution in [-0.2, 0) is 35.6 Å². The first-order valence-electron chi connectivity index (χ1n) is 11.6. The fraction of sp³-hybridized carbons (Fsp3) is 0.652. The van der Waals surface area contributed by atoms with E-state index in [1.54, 1.807) is 12.1 Å². The van der Waals surface area contributed by atoms with Crippen LogP contribution in [0.5, 0.6) is 5.75 Å². The Labute approximate surface area is 194 Å². The number of piperidine rings is 1. The third kappa shape index (κ3) is 3.96. The normalized spacial score (nSPS) is 27.8. The Hall–Kier alpha value is -2.01. The van der Waals surface area contributed by atoms with Gasteiger partial charge in [0.05, 0.1) is 38.7 Å². The predicted molar refractivity (Wildman–Crippen MR) is 117 cm³/mol. The van der Waals surface area contributed by atoms with Crippen LogP contribution in [-0.4, -0.2) is 68.6 Å². The van der Waals surface area contributed by atoms with Gasteiger partial charge in [0.1, 0.15) is 10.6 Å². The average molecular weight is 479 g/mol. The van der Waals surface area contributed by atoms with Gasteiger partial charge in [0.2, 0.25) is 21.8 Å². The van der Waals surface area contributed by atoms with Crippen molar-refractivity contribution in [1.29, 1.82) is 0 Å². The molecule has 1 aromatic carbocycles. The second-order valence-electron chi connectivity index (χ2n) is 9.26. The number of likely N-dealkylation sites (tertiary alicyclic amines) is 1. The van der Waals surface area contributed by atoms with Crippen molar-refractivity contribution < 1.29 is 32.2 Å². The molecule has 33 heavy (non-hydrogen) atoms. The van der Waals surface area contributed by atoms with Crippen molar-refractivity contribution >= 4 is 21.8 Å². The van der Waals surface area contributed by atoms with Crippen molar-refractivity contribution in [2.45, 2.75) is 55.8 Å². The molecule has 1 aliphatic carbocycles. The molecule has 0 bridgehead atoms. The third-order valence-corrected chi connectivity index (χ3v) is 9.34. The Bertz CT molecular complexity index is 1020. The van der Waals surface area contributed by atoms with E-state index in [4.69, 9.17) is 14.2 Å². The highest BCUT2D eigenvalue weighted by Gasteiger charge is 2.48. The Morgan fingerprint density at radius 1 is 1.03 bits per heavy atom. The third-order valence-electron chi connectivity index (χ3n) is 7.42. The lowest BCUT2D eigenvalue weighted by atomic mass is 9.81. The number of methoxy groups -OCH3 is 1. The Kier molecular flexibility index (Phi) is 5.97. The Morgan fingerprint density at radius 3 is 2.21 bits per heavy atom. The van der Waals surface area contributed by atoms with Crippen LogP contribution < -0.4 is 4.74 Å². The molecule has 1 saturated carbocycles. The van der Waals surface area contributed by atoms with Crippen LogP contribution in [0.1, 0.15) is 44.1 Å². The maximum atomic E-state index is 13.5. The standard InChI is InChI=1S/C23H30N2O7S/c1-30-19-7-6-16(15-25-21(26)17-4-2-3-5-18(17)22(25)27)14-20(19)33(28,29)24-10-8-23(9-11-24)31-12-13-32-23/h6-7,14,17-18H,2-5,8-13,15H2,1H3/t17-,18-/m0/s1. The molecule has 3 heterocycles. The molecule has 1 aromatic rings. The van der Waals surface area contributed by atoms with E-state index in [-0.39, 0.29) is 53.9 Å². The molecule has 0 unspecified atom stereocenters. The fourth-order valence-corrected chi connectivity index (χ4v) is 7.23. The van der Waals surface area contributed by atoms with Gasteiger partial charge in [0.15, 0.2) is 5.79 Å². The van der Waals surface area contributed by atoms with Crippen molar-refractivity contribution in [3.63, 3.8) is 0 Å². The number of carbonyl (C=O) groups excluding carboxylic acids is 2. The van der Waals surface area contributed by atoms with Gasteiger partial charge < -0.3 is 14.2 Å². The first-order chi connectivity index (χ1) is 15.8. The molecular weight excluding hydrogens is 448 g/mol. The topological polar surface area (TPSA) is 102 Å². The van der Waals surface area contributed by atoms with Crippen molar-refractivity contribution in [3.8, 4) is 5.75 Å². The van der Waals surface area contributed by atoms with Gasteiger partial charge in [-0.15, -0.1) is 0 Å². The average Bonchev–Trinajstić information content (AvgIpc) is 3.38. The van der Waals surface area contributed by atoms with E-state index >= 15 is 0 Å². The summed E-state index contributed by atoms with van der Waals surface area (Å²) in [6.07, 6.45) is 4.36. The van der Waals surface area contributed by atoms with Gasteiger partial charge in [0.25, 0.3) is 0 Å². The van der Waals surface area contributed by atoms with Gasteiger partial charge in [-0.2, -0.15) is 4.31 Å². The summed E-state index contributed by atoms with van der Waals surface area (Å²) >= 11 is 0. The molecule has 5 rings (SSSR count). The van der Waals surface area contributed by atoms with Crippen LogP contribution in [0.25, 0.3) is 0 Å². The van der Waals surface area contributed by atoms with Gasteiger partial charge in [-0.3, -0.25) is 14.5 Å². The van der Waals surface area contributed by atoms with Crippen molar-refractivity contribution in [1.82, 2.24) is 9.21 Å². The number of hydrogen-bond acceptors (Lipinski definition) is 7. The molecule has 3 saturated heterocycles. The van der Waals surface area contributed by atoms with Crippen LogP contribution in [0.15, 0.2) is 23.1 Å². The number of carbonyl (C=O) groups is 2. The minimum Gasteiger partial charge on any atom is -0.495 e. The summed E-state index contributed by atoms with van der Waals surface area (Å²) in [5.41, 5.74) is 0.589. The molecule has 9 nitrogen and oxygen atoms in total. The molecule has 10 heteroatoms. The Morgan fingerprint density at radius 2 is 1.64 bits per heavy atom. The number of nitrogens with zero attached hydrogens (tertiary/aromatic N) is 2. The van der Waals surface area contributed by atoms with Crippen LogP contribution in [0.4, 0.5) is 0 Å². The zero-order chi connectivity index (χ0) is 23.2. The van der Waals surface area contributed by atoms with E-state index in [0.29, 0.717) is 31.6 Å². The second-order valence-corrected chi connectivity index (χ2v) is 11.2. The smallest absolute Gasteiger partial charge is 0.246 e. The maximum Gasteiger partial charge on any atom is 0.246 e. The highest BCUT2D eigenvalue weighted by atomic mass is 32.2. The van der Waals surface area contributed by atoms with Gasteiger partial charge in [-0.05, 0) is 30.5 Å². The lowest BCUT2D eigenvalue weighted by Gasteiger charge is -2.37. The van der Waals surface area contributed by atoms with Crippen molar-refractivity contribution in [2.75, 3.05) is 33.4 Å². The van der Waals surface area contributed by atoms with Crippen LogP contribution in [0.2, 0.25) is 0 Å². The summed E-state index contributed by atoms with van der Waals surface area (Å²) in [6.45, 7) is 1.68. The highest BCUT2D eigenvalue weighted by Crippen LogP contribution is 2.39. The molecule has 1 spiro atoms. The molecule has 0 radical (unpaired) electrons. The highest BCUT2D eigenvalue weighted by molar-refractivity contribution is 7.89. The minimum absolute atomic E-state index is 0.0446. The van der Waals surface area contributed by atoms with E-state index in [0.717, 1.165) is 25.7 Å². The number of benzene rings is 1. The first kappa shape index (κ1) is 22.8. The molecule has 3 aliphatic heterocycles. The zero-order valence-corrected chi connectivity index (χ0v) is 19.6. The molecule has 4 fully saturated rings. The van der Waals surface area contributed by atoms with E-state index in [1.165, 1.54) is 22.4 Å². The number of sulfonamides is 1. The number of hydrogen-bond donors (Lipinski definition) is 0. The molecular formula is C23H30N2O7S. The van der Waals surface area contributed by atoms with Crippen LogP contribution in [0.3, 0.4) is 0 Å². The summed E-state index contributed by atoms with van der Waals surface area (Å²) in [5.74, 6) is -1.17. The number of fused-ring (bicyclic) bond motifs is 1. The van der Waals surface area contributed by atoms with Crippen LogP contribution >= 0.6 is 0 Å². The van der Waals surface area contributed by atoms with E-state index in [9.17, 15) is 18.0 Å². The quantitative estimate of drug-likeness (QED) is 0.596. The largest absolute Gasteiger partial charge is 0.495 e. The molecule has 180 valence electrons. The number of ether oxygens (including phenoxy) is 3. The SMILES string of the molecule is COc1ccc(CN2C(=O)[C@H]3CCCC[C@@H]3C2=O)cc1S(=O)(=O)N1CCC2(CC1)OCCO2. The summed E-state index contributed by atoms with van der Waals surface area (Å²) in [4.78, 5) is 27.1. The molecule has 0 N–H and O–H groups in total. The van der Waals surface area contributed by atoms with E-state index in [2.05, 4.69) is 0 Å². The van der Waals surface area contributed by atoms with Gasteiger partial charge in [-0.1, -0.05) is 18.9 Å². The fourth-order valence-electron chi connectivity index (χ4n) is 5.58. The minimum atomic E-state index is -3.85.